The maximum atomic E-state index is 14.4. The molecule has 1 N–H and O–H groups in total. The number of morpholine rings is 1. The Hall–Kier alpha value is -3.39. The standard InChI is InChI=1S/C25H24F2N4O2/c1-14-12-33-13-15(2)31(14)18-7-6-17(28-10-18)8-16-9-21(24-19(26)4-3-5-20(24)27)30-22-11-29-25(32)23(16)22/h3-7,9-10,14-15H,8,11-13H2,1-2H3,(H,29,32)/t14-,15-/m0/s1. The average Bonchev–Trinajstić information content (AvgIpc) is 3.16. The van der Waals surface area contributed by atoms with E-state index in [1.54, 1.807) is 6.07 Å². The van der Waals surface area contributed by atoms with Crippen molar-refractivity contribution in [2.24, 2.45) is 0 Å². The zero-order chi connectivity index (χ0) is 23.1. The van der Waals surface area contributed by atoms with Gasteiger partial charge in [0.2, 0.25) is 0 Å². The number of rotatable bonds is 4. The molecule has 2 aromatic heterocycles. The van der Waals surface area contributed by atoms with Crippen molar-refractivity contribution < 1.29 is 18.3 Å². The number of amides is 1. The number of nitrogens with one attached hydrogen (secondary N) is 1. The van der Waals surface area contributed by atoms with Gasteiger partial charge in [-0.15, -0.1) is 0 Å². The average molecular weight is 450 g/mol. The summed E-state index contributed by atoms with van der Waals surface area (Å²) in [5.41, 5.74) is 3.32. The lowest BCUT2D eigenvalue weighted by Gasteiger charge is -2.40. The second kappa shape index (κ2) is 8.51. The van der Waals surface area contributed by atoms with Gasteiger partial charge in [0.05, 0.1) is 54.2 Å². The number of fused-ring (bicyclic) bond motifs is 1. The Labute approximate surface area is 190 Å². The van der Waals surface area contributed by atoms with Crippen LogP contribution in [0.4, 0.5) is 14.5 Å². The summed E-state index contributed by atoms with van der Waals surface area (Å²) in [5.74, 6) is -1.62. The Morgan fingerprint density at radius 3 is 2.48 bits per heavy atom. The maximum absolute atomic E-state index is 14.4. The number of ether oxygens (including phenoxy) is 1. The van der Waals surface area contributed by atoms with Gasteiger partial charge in [-0.05, 0) is 49.7 Å². The van der Waals surface area contributed by atoms with Crippen molar-refractivity contribution in [2.75, 3.05) is 18.1 Å². The molecule has 0 saturated carbocycles. The van der Waals surface area contributed by atoms with Crippen LogP contribution in [0.2, 0.25) is 0 Å². The second-order valence-corrected chi connectivity index (χ2v) is 8.59. The third-order valence-corrected chi connectivity index (χ3v) is 6.19. The summed E-state index contributed by atoms with van der Waals surface area (Å²) >= 11 is 0. The molecule has 1 fully saturated rings. The highest BCUT2D eigenvalue weighted by Crippen LogP contribution is 2.30. The van der Waals surface area contributed by atoms with Gasteiger partial charge in [-0.1, -0.05) is 6.07 Å². The first kappa shape index (κ1) is 21.5. The summed E-state index contributed by atoms with van der Waals surface area (Å²) in [5, 5.41) is 2.75. The molecule has 0 bridgehead atoms. The third-order valence-electron chi connectivity index (χ3n) is 6.19. The number of hydrogen-bond acceptors (Lipinski definition) is 5. The van der Waals surface area contributed by atoms with Crippen LogP contribution in [0.15, 0.2) is 42.6 Å². The lowest BCUT2D eigenvalue weighted by Crippen LogP contribution is -2.49. The monoisotopic (exact) mass is 450 g/mol. The lowest BCUT2D eigenvalue weighted by molar-refractivity contribution is 0.0756. The molecule has 1 amide bonds. The maximum Gasteiger partial charge on any atom is 0.253 e. The van der Waals surface area contributed by atoms with Crippen molar-refractivity contribution in [2.45, 2.75) is 38.9 Å². The van der Waals surface area contributed by atoms with E-state index >= 15 is 0 Å². The van der Waals surface area contributed by atoms with E-state index in [9.17, 15) is 13.6 Å². The highest BCUT2D eigenvalue weighted by Gasteiger charge is 2.28. The molecular formula is C25H24F2N4O2. The molecule has 2 atom stereocenters. The van der Waals surface area contributed by atoms with Gasteiger partial charge < -0.3 is 15.0 Å². The number of hydrogen-bond donors (Lipinski definition) is 1. The Morgan fingerprint density at radius 2 is 1.82 bits per heavy atom. The summed E-state index contributed by atoms with van der Waals surface area (Å²) < 4.78 is 34.4. The van der Waals surface area contributed by atoms with E-state index in [1.807, 2.05) is 18.3 Å². The van der Waals surface area contributed by atoms with E-state index in [2.05, 4.69) is 34.0 Å². The van der Waals surface area contributed by atoms with Crippen LogP contribution in [0.1, 0.15) is 41.2 Å². The summed E-state index contributed by atoms with van der Waals surface area (Å²) in [7, 11) is 0. The number of carbonyl (C=O) groups excluding carboxylic acids is 1. The number of anilines is 1. The molecule has 2 aliphatic heterocycles. The molecule has 0 unspecified atom stereocenters. The Balaban J connectivity index is 1.49. The number of nitrogens with zero attached hydrogens (tertiary/aromatic N) is 3. The van der Waals surface area contributed by atoms with E-state index < -0.39 is 11.6 Å². The van der Waals surface area contributed by atoms with Crippen LogP contribution in [-0.2, 0) is 17.7 Å². The van der Waals surface area contributed by atoms with E-state index in [4.69, 9.17) is 4.74 Å². The highest BCUT2D eigenvalue weighted by atomic mass is 19.1. The van der Waals surface area contributed by atoms with E-state index in [1.165, 1.54) is 18.2 Å². The van der Waals surface area contributed by atoms with Crippen molar-refractivity contribution in [3.8, 4) is 11.3 Å². The Kier molecular flexibility index (Phi) is 5.54. The molecule has 1 aromatic carbocycles. The van der Waals surface area contributed by atoms with Crippen molar-refractivity contribution in [1.82, 2.24) is 15.3 Å². The van der Waals surface area contributed by atoms with Crippen LogP contribution in [0.3, 0.4) is 0 Å². The molecule has 5 rings (SSSR count). The van der Waals surface area contributed by atoms with Crippen LogP contribution in [0.5, 0.6) is 0 Å². The molecule has 2 aliphatic rings. The van der Waals surface area contributed by atoms with Gasteiger partial charge in [-0.3, -0.25) is 9.78 Å². The number of aromatic nitrogens is 2. The summed E-state index contributed by atoms with van der Waals surface area (Å²) in [4.78, 5) is 23.8. The minimum Gasteiger partial charge on any atom is -0.377 e. The lowest BCUT2D eigenvalue weighted by atomic mass is 9.98. The molecule has 0 aliphatic carbocycles. The van der Waals surface area contributed by atoms with Gasteiger partial charge in [0, 0.05) is 24.2 Å². The summed E-state index contributed by atoms with van der Waals surface area (Å²) in [6, 6.07) is 9.72. The van der Waals surface area contributed by atoms with Crippen LogP contribution in [0.25, 0.3) is 11.3 Å². The summed E-state index contributed by atoms with van der Waals surface area (Å²) in [6.45, 7) is 5.79. The first-order valence-corrected chi connectivity index (χ1v) is 11.0. The highest BCUT2D eigenvalue weighted by molar-refractivity contribution is 5.99. The normalized spacial score (nSPS) is 20.0. The van der Waals surface area contributed by atoms with Gasteiger partial charge in [0.25, 0.3) is 5.91 Å². The fourth-order valence-electron chi connectivity index (χ4n) is 4.71. The zero-order valence-corrected chi connectivity index (χ0v) is 18.4. The number of carbonyl (C=O) groups is 1. The summed E-state index contributed by atoms with van der Waals surface area (Å²) in [6.07, 6.45) is 2.17. The van der Waals surface area contributed by atoms with Crippen molar-refractivity contribution in [3.63, 3.8) is 0 Å². The van der Waals surface area contributed by atoms with E-state index in [0.29, 0.717) is 36.5 Å². The molecule has 0 spiro atoms. The zero-order valence-electron chi connectivity index (χ0n) is 18.4. The quantitative estimate of drug-likeness (QED) is 0.654. The first-order valence-electron chi connectivity index (χ1n) is 11.0. The third kappa shape index (κ3) is 3.95. The predicted octanol–water partition coefficient (Wildman–Crippen LogP) is 3.87. The van der Waals surface area contributed by atoms with E-state index in [-0.39, 0.29) is 35.8 Å². The van der Waals surface area contributed by atoms with Gasteiger partial charge in [0.15, 0.2) is 0 Å². The second-order valence-electron chi connectivity index (χ2n) is 8.59. The fraction of sp³-hybridized carbons (Fsp3) is 0.320. The minimum atomic E-state index is -0.693. The van der Waals surface area contributed by atoms with Gasteiger partial charge in [0.1, 0.15) is 11.6 Å². The minimum absolute atomic E-state index is 0.170. The molecule has 33 heavy (non-hydrogen) atoms. The van der Waals surface area contributed by atoms with Crippen LogP contribution in [-0.4, -0.2) is 41.2 Å². The molecule has 170 valence electrons. The van der Waals surface area contributed by atoms with Gasteiger partial charge in [-0.2, -0.15) is 0 Å². The van der Waals surface area contributed by atoms with Crippen LogP contribution in [0, 0.1) is 11.6 Å². The Morgan fingerprint density at radius 1 is 1.09 bits per heavy atom. The van der Waals surface area contributed by atoms with Crippen molar-refractivity contribution in [1.29, 1.82) is 0 Å². The topological polar surface area (TPSA) is 67.3 Å². The smallest absolute Gasteiger partial charge is 0.253 e. The fourth-order valence-corrected chi connectivity index (χ4v) is 4.71. The van der Waals surface area contributed by atoms with Gasteiger partial charge >= 0.3 is 0 Å². The predicted molar refractivity (Wildman–Crippen MR) is 120 cm³/mol. The van der Waals surface area contributed by atoms with E-state index in [0.717, 1.165) is 11.4 Å². The largest absolute Gasteiger partial charge is 0.377 e. The first-order chi connectivity index (χ1) is 15.9. The SMILES string of the molecule is C[C@H]1COC[C@H](C)N1c1ccc(Cc2cc(-c3c(F)cccc3F)nc3c2C(=O)NC3)nc1. The number of benzene rings is 1. The molecule has 6 nitrogen and oxygen atoms in total. The molecule has 4 heterocycles. The molecule has 3 aromatic rings. The van der Waals surface area contributed by atoms with Gasteiger partial charge in [-0.25, -0.2) is 13.8 Å². The van der Waals surface area contributed by atoms with Crippen LogP contribution < -0.4 is 10.2 Å². The number of pyridine rings is 2. The number of halogens is 2. The van der Waals surface area contributed by atoms with Crippen molar-refractivity contribution in [3.05, 3.63) is 76.7 Å². The molecule has 8 heteroatoms. The molecule has 1 saturated heterocycles. The Bertz CT molecular complexity index is 1190. The molecular weight excluding hydrogens is 426 g/mol. The van der Waals surface area contributed by atoms with Crippen LogP contribution >= 0.6 is 0 Å². The molecule has 0 radical (unpaired) electrons. The van der Waals surface area contributed by atoms with Crippen molar-refractivity contribution >= 4 is 11.6 Å².